The van der Waals surface area contributed by atoms with E-state index < -0.39 is 51.8 Å². The predicted molar refractivity (Wildman–Crippen MR) is 261 cm³/mol. The van der Waals surface area contributed by atoms with Gasteiger partial charge in [0.05, 0.1) is 19.8 Å². The van der Waals surface area contributed by atoms with E-state index >= 15 is 0 Å². The quantitative estimate of drug-likeness (QED) is 0.0233. The minimum absolute atomic E-state index is 0.185. The Morgan fingerprint density at radius 2 is 0.794 bits per heavy atom. The first-order valence-electron chi connectivity index (χ1n) is 26.6. The molecule has 0 fully saturated rings. The minimum Gasteiger partial charge on any atom is -0.462 e. The Bertz CT molecular complexity index is 1060. The van der Waals surface area contributed by atoms with Gasteiger partial charge in [0.15, 0.2) is 6.10 Å². The van der Waals surface area contributed by atoms with E-state index in [1.165, 1.54) is 199 Å². The summed E-state index contributed by atoms with van der Waals surface area (Å²) in [6.07, 6.45) is 50.5. The number of hydrogen-bond acceptors (Lipinski definition) is 9. The molecule has 0 heterocycles. The van der Waals surface area contributed by atoms with Crippen molar-refractivity contribution >= 4 is 19.8 Å². The van der Waals surface area contributed by atoms with Crippen molar-refractivity contribution in [3.8, 4) is 0 Å². The highest BCUT2D eigenvalue weighted by Crippen LogP contribution is 2.43. The van der Waals surface area contributed by atoms with Gasteiger partial charge in [0.1, 0.15) is 12.7 Å². The fourth-order valence-corrected chi connectivity index (χ4v) is 8.61. The van der Waals surface area contributed by atoms with E-state index in [1.807, 2.05) is 0 Å². The summed E-state index contributed by atoms with van der Waals surface area (Å²) >= 11 is 0. The highest BCUT2D eigenvalue weighted by molar-refractivity contribution is 7.47. The van der Waals surface area contributed by atoms with Crippen molar-refractivity contribution in [1.29, 1.82) is 0 Å². The average Bonchev–Trinajstić information content (AvgIpc) is 3.27. The standard InChI is InChI=1S/C52H101O10P/c1-3-5-7-9-11-13-15-17-19-21-22-23-24-25-26-28-29-31-33-35-37-39-41-43-51(55)59-47-50(48-61-63(57,58)60-46-49(54)45-53)62-52(56)44-42-40-38-36-34-32-30-27-20-18-16-14-12-10-8-6-4-2/h35,37,49-50,53-54H,3-34,36,38-48H2,1-2H3,(H,57,58)/b37-35+/t49-,50+/m1/s1. The largest absolute Gasteiger partial charge is 0.472 e. The molecule has 3 atom stereocenters. The van der Waals surface area contributed by atoms with Crippen LogP contribution in [-0.4, -0.2) is 65.7 Å². The first-order chi connectivity index (χ1) is 30.7. The molecule has 0 saturated carbocycles. The normalized spacial score (nSPS) is 13.7. The van der Waals surface area contributed by atoms with Crippen LogP contribution in [0.5, 0.6) is 0 Å². The number of ether oxygens (including phenoxy) is 2. The zero-order valence-electron chi connectivity index (χ0n) is 41.1. The summed E-state index contributed by atoms with van der Waals surface area (Å²) < 4.78 is 32.9. The molecule has 374 valence electrons. The number of unbranched alkanes of at least 4 members (excludes halogenated alkanes) is 35. The molecule has 0 spiro atoms. The van der Waals surface area contributed by atoms with Crippen molar-refractivity contribution < 1.29 is 47.8 Å². The Morgan fingerprint density at radius 1 is 0.460 bits per heavy atom. The van der Waals surface area contributed by atoms with Gasteiger partial charge in [0.25, 0.3) is 0 Å². The molecule has 1 unspecified atom stereocenters. The molecule has 0 aromatic carbocycles. The molecule has 11 heteroatoms. The number of hydrogen-bond donors (Lipinski definition) is 3. The number of carbonyl (C=O) groups excluding carboxylic acids is 2. The summed E-state index contributed by atoms with van der Waals surface area (Å²) in [5.74, 6) is -0.944. The maximum atomic E-state index is 12.7. The smallest absolute Gasteiger partial charge is 0.462 e. The van der Waals surface area contributed by atoms with Gasteiger partial charge in [0, 0.05) is 12.8 Å². The van der Waals surface area contributed by atoms with E-state index in [0.717, 1.165) is 32.1 Å². The number of carbonyl (C=O) groups is 2. The van der Waals surface area contributed by atoms with Gasteiger partial charge < -0.3 is 24.6 Å². The zero-order chi connectivity index (χ0) is 46.2. The van der Waals surface area contributed by atoms with E-state index in [-0.39, 0.29) is 19.4 Å². The highest BCUT2D eigenvalue weighted by Gasteiger charge is 2.27. The van der Waals surface area contributed by atoms with E-state index in [1.54, 1.807) is 0 Å². The van der Waals surface area contributed by atoms with Crippen LogP contribution in [0.4, 0.5) is 0 Å². The predicted octanol–water partition coefficient (Wildman–Crippen LogP) is 15.1. The van der Waals surface area contributed by atoms with Gasteiger partial charge in [0.2, 0.25) is 0 Å². The Morgan fingerprint density at radius 3 is 1.19 bits per heavy atom. The maximum absolute atomic E-state index is 12.7. The molecule has 0 rings (SSSR count). The molecule has 0 aromatic heterocycles. The van der Waals surface area contributed by atoms with Crippen molar-refractivity contribution in [2.24, 2.45) is 0 Å². The lowest BCUT2D eigenvalue weighted by Gasteiger charge is -2.20. The van der Waals surface area contributed by atoms with Crippen molar-refractivity contribution in [2.75, 3.05) is 26.4 Å². The minimum atomic E-state index is -4.62. The van der Waals surface area contributed by atoms with Crippen LogP contribution in [0.1, 0.15) is 271 Å². The van der Waals surface area contributed by atoms with Crippen LogP contribution in [0, 0.1) is 0 Å². The van der Waals surface area contributed by atoms with Crippen molar-refractivity contribution in [3.05, 3.63) is 12.2 Å². The van der Waals surface area contributed by atoms with E-state index in [0.29, 0.717) is 12.8 Å². The highest BCUT2D eigenvalue weighted by atomic mass is 31.2. The summed E-state index contributed by atoms with van der Waals surface area (Å²) in [5.41, 5.74) is 0. The molecule has 0 aliphatic heterocycles. The molecule has 0 radical (unpaired) electrons. The molecule has 10 nitrogen and oxygen atoms in total. The summed E-state index contributed by atoms with van der Waals surface area (Å²) in [5, 5.41) is 18.4. The molecule has 0 saturated heterocycles. The second kappa shape index (κ2) is 48.6. The fraction of sp³-hybridized carbons (Fsp3) is 0.923. The summed E-state index contributed by atoms with van der Waals surface area (Å²) in [4.78, 5) is 35.2. The van der Waals surface area contributed by atoms with Gasteiger partial charge in [-0.3, -0.25) is 18.6 Å². The van der Waals surface area contributed by atoms with Gasteiger partial charge in [-0.2, -0.15) is 0 Å². The van der Waals surface area contributed by atoms with Crippen LogP contribution in [0.2, 0.25) is 0 Å². The molecule has 63 heavy (non-hydrogen) atoms. The number of esters is 2. The number of allylic oxidation sites excluding steroid dienone is 2. The number of aliphatic hydroxyl groups excluding tert-OH is 2. The first kappa shape index (κ1) is 61.7. The average molecular weight is 917 g/mol. The van der Waals surface area contributed by atoms with Crippen LogP contribution in [0.3, 0.4) is 0 Å². The summed E-state index contributed by atoms with van der Waals surface area (Å²) in [6, 6.07) is 0. The number of aliphatic hydroxyl groups is 2. The Kier molecular flexibility index (Phi) is 47.6. The monoisotopic (exact) mass is 917 g/mol. The zero-order valence-corrected chi connectivity index (χ0v) is 42.0. The van der Waals surface area contributed by atoms with Gasteiger partial charge in [-0.15, -0.1) is 0 Å². The lowest BCUT2D eigenvalue weighted by atomic mass is 10.0. The fourth-order valence-electron chi connectivity index (χ4n) is 7.82. The van der Waals surface area contributed by atoms with Crippen LogP contribution < -0.4 is 0 Å². The van der Waals surface area contributed by atoms with Crippen molar-refractivity contribution in [1.82, 2.24) is 0 Å². The second-order valence-corrected chi connectivity index (χ2v) is 19.7. The lowest BCUT2D eigenvalue weighted by molar-refractivity contribution is -0.161. The summed E-state index contributed by atoms with van der Waals surface area (Å²) in [6.45, 7) is 2.42. The molecule has 3 N–H and O–H groups in total. The van der Waals surface area contributed by atoms with E-state index in [2.05, 4.69) is 26.0 Å². The first-order valence-corrected chi connectivity index (χ1v) is 28.1. The Balaban J connectivity index is 4.13. The third-order valence-electron chi connectivity index (χ3n) is 11.9. The van der Waals surface area contributed by atoms with Gasteiger partial charge in [-0.1, -0.05) is 238 Å². The van der Waals surface area contributed by atoms with Gasteiger partial charge in [-0.05, 0) is 32.1 Å². The topological polar surface area (TPSA) is 149 Å². The number of phosphoric ester groups is 1. The third-order valence-corrected chi connectivity index (χ3v) is 12.9. The second-order valence-electron chi connectivity index (χ2n) is 18.3. The lowest BCUT2D eigenvalue weighted by Crippen LogP contribution is -2.29. The van der Waals surface area contributed by atoms with Crippen LogP contribution in [0.25, 0.3) is 0 Å². The number of phosphoric acid groups is 1. The van der Waals surface area contributed by atoms with E-state index in [4.69, 9.17) is 23.6 Å². The molecular formula is C52H101O10P. The van der Waals surface area contributed by atoms with Crippen LogP contribution in [-0.2, 0) is 32.7 Å². The van der Waals surface area contributed by atoms with Crippen molar-refractivity contribution in [3.63, 3.8) is 0 Å². The molecular weight excluding hydrogens is 816 g/mol. The maximum Gasteiger partial charge on any atom is 0.472 e. The van der Waals surface area contributed by atoms with Crippen LogP contribution in [0.15, 0.2) is 12.2 Å². The van der Waals surface area contributed by atoms with Crippen LogP contribution >= 0.6 is 7.82 Å². The molecule has 0 aliphatic rings. The molecule has 0 aromatic rings. The third kappa shape index (κ3) is 48.5. The molecule has 0 amide bonds. The van der Waals surface area contributed by atoms with Gasteiger partial charge in [-0.25, -0.2) is 4.57 Å². The van der Waals surface area contributed by atoms with E-state index in [9.17, 15) is 24.2 Å². The number of rotatable bonds is 51. The van der Waals surface area contributed by atoms with Gasteiger partial charge >= 0.3 is 19.8 Å². The molecule has 0 bridgehead atoms. The Hall–Kier alpha value is -1.29. The summed E-state index contributed by atoms with van der Waals surface area (Å²) in [7, 11) is -4.62. The van der Waals surface area contributed by atoms with Crippen molar-refractivity contribution in [2.45, 2.75) is 283 Å². The SMILES string of the molecule is CCCCCCCCCCCCCCCCCCCC/C=C/CCCC(=O)OC[C@@H](COP(=O)(O)OC[C@H](O)CO)OC(=O)CCCCCCCCCCCCCCCCCCC. The molecule has 0 aliphatic carbocycles. The Labute approximate surface area is 387 Å².